The van der Waals surface area contributed by atoms with Crippen LogP contribution in [-0.2, 0) is 9.59 Å². The van der Waals surface area contributed by atoms with Crippen molar-refractivity contribution in [1.29, 1.82) is 0 Å². The topological polar surface area (TPSA) is 46.2 Å². The number of nitrogens with one attached hydrogen (secondary N) is 1. The molecule has 1 saturated carbocycles. The van der Waals surface area contributed by atoms with E-state index in [9.17, 15) is 9.59 Å². The molecule has 14 heavy (non-hydrogen) atoms. The van der Waals surface area contributed by atoms with Crippen molar-refractivity contribution in [3.05, 3.63) is 0 Å². The standard InChI is InChI=1S/C11H19NO2/c1-8(13)12-11(2,3)9-4-6-10(14)7-5-9/h9H,4-7H2,1-3H3,(H,12,13). The van der Waals surface area contributed by atoms with Crippen LogP contribution >= 0.6 is 0 Å². The predicted octanol–water partition coefficient (Wildman–Crippen LogP) is 1.66. The van der Waals surface area contributed by atoms with Gasteiger partial charge in [-0.05, 0) is 32.6 Å². The maximum Gasteiger partial charge on any atom is 0.217 e. The minimum Gasteiger partial charge on any atom is -0.351 e. The summed E-state index contributed by atoms with van der Waals surface area (Å²) < 4.78 is 0. The van der Waals surface area contributed by atoms with Crippen LogP contribution in [-0.4, -0.2) is 17.2 Å². The Bertz CT molecular complexity index is 236. The highest BCUT2D eigenvalue weighted by molar-refractivity contribution is 5.79. The van der Waals surface area contributed by atoms with Crippen LogP contribution in [0.1, 0.15) is 46.5 Å². The van der Waals surface area contributed by atoms with Gasteiger partial charge in [-0.1, -0.05) is 0 Å². The van der Waals surface area contributed by atoms with E-state index in [0.717, 1.165) is 12.8 Å². The molecule has 1 amide bonds. The Hall–Kier alpha value is -0.860. The van der Waals surface area contributed by atoms with Gasteiger partial charge in [0.25, 0.3) is 0 Å². The van der Waals surface area contributed by atoms with E-state index >= 15 is 0 Å². The fourth-order valence-corrected chi connectivity index (χ4v) is 2.22. The van der Waals surface area contributed by atoms with Crippen molar-refractivity contribution >= 4 is 11.7 Å². The Morgan fingerprint density at radius 1 is 1.36 bits per heavy atom. The smallest absolute Gasteiger partial charge is 0.217 e. The zero-order chi connectivity index (χ0) is 10.8. The molecule has 80 valence electrons. The minimum absolute atomic E-state index is 0.00639. The van der Waals surface area contributed by atoms with Crippen molar-refractivity contribution in [3.8, 4) is 0 Å². The Morgan fingerprint density at radius 3 is 2.29 bits per heavy atom. The zero-order valence-electron chi connectivity index (χ0n) is 9.22. The molecule has 0 radical (unpaired) electrons. The van der Waals surface area contributed by atoms with Gasteiger partial charge in [0.2, 0.25) is 5.91 Å². The van der Waals surface area contributed by atoms with Crippen LogP contribution in [0, 0.1) is 5.92 Å². The van der Waals surface area contributed by atoms with E-state index in [1.54, 1.807) is 0 Å². The molecule has 1 rings (SSSR count). The third-order valence-corrected chi connectivity index (χ3v) is 3.06. The summed E-state index contributed by atoms with van der Waals surface area (Å²) in [5, 5.41) is 2.95. The molecule has 0 heterocycles. The van der Waals surface area contributed by atoms with Gasteiger partial charge in [-0.2, -0.15) is 0 Å². The van der Waals surface area contributed by atoms with Gasteiger partial charge in [0.05, 0.1) is 0 Å². The van der Waals surface area contributed by atoms with Crippen LogP contribution in [0.5, 0.6) is 0 Å². The molecule has 0 aromatic carbocycles. The number of ketones is 1. The second kappa shape index (κ2) is 4.11. The highest BCUT2D eigenvalue weighted by atomic mass is 16.1. The van der Waals surface area contributed by atoms with Crippen molar-refractivity contribution in [3.63, 3.8) is 0 Å². The zero-order valence-corrected chi connectivity index (χ0v) is 9.22. The van der Waals surface area contributed by atoms with Crippen LogP contribution in [0.25, 0.3) is 0 Å². The van der Waals surface area contributed by atoms with Crippen molar-refractivity contribution in [2.24, 2.45) is 5.92 Å². The van der Waals surface area contributed by atoms with Gasteiger partial charge in [-0.15, -0.1) is 0 Å². The third-order valence-electron chi connectivity index (χ3n) is 3.06. The number of Topliss-reactive ketones (excluding diaryl/α,β-unsaturated/α-hetero) is 1. The first-order valence-electron chi connectivity index (χ1n) is 5.22. The van der Waals surface area contributed by atoms with Gasteiger partial charge in [-0.3, -0.25) is 9.59 Å². The molecule has 0 aliphatic heterocycles. The number of carbonyl (C=O) groups is 2. The summed E-state index contributed by atoms with van der Waals surface area (Å²) in [4.78, 5) is 22.1. The number of hydrogen-bond donors (Lipinski definition) is 1. The van der Waals surface area contributed by atoms with E-state index in [2.05, 4.69) is 5.32 Å². The summed E-state index contributed by atoms with van der Waals surface area (Å²) in [6, 6.07) is 0. The monoisotopic (exact) mass is 197 g/mol. The summed E-state index contributed by atoms with van der Waals surface area (Å²) >= 11 is 0. The molecule has 1 fully saturated rings. The highest BCUT2D eigenvalue weighted by Crippen LogP contribution is 2.30. The lowest BCUT2D eigenvalue weighted by Crippen LogP contribution is -2.49. The molecule has 1 aliphatic rings. The average molecular weight is 197 g/mol. The van der Waals surface area contributed by atoms with Crippen LogP contribution in [0.15, 0.2) is 0 Å². The highest BCUT2D eigenvalue weighted by Gasteiger charge is 2.32. The summed E-state index contributed by atoms with van der Waals surface area (Å²) in [6.45, 7) is 5.61. The summed E-state index contributed by atoms with van der Waals surface area (Å²) in [7, 11) is 0. The maximum atomic E-state index is 11.1. The molecule has 1 aliphatic carbocycles. The summed E-state index contributed by atoms with van der Waals surface area (Å²) in [5.74, 6) is 0.802. The fraction of sp³-hybridized carbons (Fsp3) is 0.818. The van der Waals surface area contributed by atoms with Gasteiger partial charge >= 0.3 is 0 Å². The average Bonchev–Trinajstić information content (AvgIpc) is 2.02. The first-order valence-corrected chi connectivity index (χ1v) is 5.22. The second-order valence-corrected chi connectivity index (χ2v) is 4.72. The number of carbonyl (C=O) groups excluding carboxylic acids is 2. The molecule has 0 spiro atoms. The van der Waals surface area contributed by atoms with Gasteiger partial charge in [-0.25, -0.2) is 0 Å². The van der Waals surface area contributed by atoms with E-state index < -0.39 is 0 Å². The van der Waals surface area contributed by atoms with Gasteiger partial charge in [0, 0.05) is 25.3 Å². The minimum atomic E-state index is -0.174. The van der Waals surface area contributed by atoms with Crippen molar-refractivity contribution < 1.29 is 9.59 Å². The molecular formula is C11H19NO2. The third kappa shape index (κ3) is 2.82. The van der Waals surface area contributed by atoms with Crippen LogP contribution in [0.2, 0.25) is 0 Å². The van der Waals surface area contributed by atoms with E-state index in [-0.39, 0.29) is 11.4 Å². The summed E-state index contributed by atoms with van der Waals surface area (Å²) in [6.07, 6.45) is 3.17. The Balaban J connectivity index is 2.54. The quantitative estimate of drug-likeness (QED) is 0.731. The van der Waals surface area contributed by atoms with E-state index in [1.165, 1.54) is 6.92 Å². The first kappa shape index (κ1) is 11.2. The molecule has 0 saturated heterocycles. The van der Waals surface area contributed by atoms with Crippen molar-refractivity contribution in [2.45, 2.75) is 52.0 Å². The van der Waals surface area contributed by atoms with Crippen molar-refractivity contribution in [2.75, 3.05) is 0 Å². The second-order valence-electron chi connectivity index (χ2n) is 4.72. The summed E-state index contributed by atoms with van der Waals surface area (Å²) in [5.41, 5.74) is -0.174. The van der Waals surface area contributed by atoms with Gasteiger partial charge in [0.1, 0.15) is 5.78 Å². The molecule has 0 aromatic heterocycles. The molecular weight excluding hydrogens is 178 g/mol. The lowest BCUT2D eigenvalue weighted by Gasteiger charge is -2.37. The first-order chi connectivity index (χ1) is 6.42. The fourth-order valence-electron chi connectivity index (χ4n) is 2.22. The van der Waals surface area contributed by atoms with Gasteiger partial charge < -0.3 is 5.32 Å². The van der Waals surface area contributed by atoms with Crippen molar-refractivity contribution in [1.82, 2.24) is 5.32 Å². The van der Waals surface area contributed by atoms with E-state index in [0.29, 0.717) is 24.5 Å². The lowest BCUT2D eigenvalue weighted by molar-refractivity contribution is -0.122. The molecule has 0 aromatic rings. The molecule has 3 nitrogen and oxygen atoms in total. The number of rotatable bonds is 2. The normalized spacial score (nSPS) is 19.5. The van der Waals surface area contributed by atoms with Crippen LogP contribution in [0.3, 0.4) is 0 Å². The molecule has 0 bridgehead atoms. The Kier molecular flexibility index (Phi) is 3.29. The Labute approximate surface area is 85.3 Å². The van der Waals surface area contributed by atoms with Crippen LogP contribution < -0.4 is 5.32 Å². The maximum absolute atomic E-state index is 11.1. The molecule has 3 heteroatoms. The van der Waals surface area contributed by atoms with E-state index in [1.807, 2.05) is 13.8 Å². The molecule has 0 atom stereocenters. The van der Waals surface area contributed by atoms with E-state index in [4.69, 9.17) is 0 Å². The predicted molar refractivity (Wildman–Crippen MR) is 54.9 cm³/mol. The SMILES string of the molecule is CC(=O)NC(C)(C)C1CCC(=O)CC1. The van der Waals surface area contributed by atoms with Crippen LogP contribution in [0.4, 0.5) is 0 Å². The largest absolute Gasteiger partial charge is 0.351 e. The lowest BCUT2D eigenvalue weighted by atomic mass is 9.76. The number of hydrogen-bond acceptors (Lipinski definition) is 2. The van der Waals surface area contributed by atoms with Gasteiger partial charge in [0.15, 0.2) is 0 Å². The number of amides is 1. The Morgan fingerprint density at radius 2 is 1.86 bits per heavy atom. The molecule has 1 N–H and O–H groups in total. The molecule has 0 unspecified atom stereocenters.